The molecule has 16 unspecified atom stereocenters. The Labute approximate surface area is 475 Å². The molecule has 1 aliphatic carbocycles. The second-order valence-corrected chi connectivity index (χ2v) is 32.7. The molecule has 0 heterocycles. The van der Waals surface area contributed by atoms with Crippen LogP contribution in [0.15, 0.2) is 0 Å². The maximum absolute atomic E-state index is 7.00. The molecule has 0 N–H and O–H groups in total. The van der Waals surface area contributed by atoms with Gasteiger partial charge in [-0.05, 0) is 125 Å². The van der Waals surface area contributed by atoms with Crippen molar-refractivity contribution in [2.45, 2.75) is 210 Å². The topological polar surface area (TPSA) is 83.1 Å². The predicted molar refractivity (Wildman–Crippen MR) is 330 cm³/mol. The van der Waals surface area contributed by atoms with Gasteiger partial charge in [-0.2, -0.15) is 126 Å². The first kappa shape index (κ1) is 69.8. The van der Waals surface area contributed by atoms with Crippen molar-refractivity contribution in [3.8, 4) is 0 Å². The van der Waals surface area contributed by atoms with E-state index in [1.54, 1.807) is 0 Å². The molecular weight excluding hydrogens is 1100 g/mol. The van der Waals surface area contributed by atoms with Crippen LogP contribution in [0.25, 0.3) is 0 Å². The van der Waals surface area contributed by atoms with Gasteiger partial charge in [0.1, 0.15) is 0 Å². The minimum atomic E-state index is -3.56. The van der Waals surface area contributed by atoms with Crippen molar-refractivity contribution in [3.63, 3.8) is 0 Å². The Morgan fingerprint density at radius 1 is 0.368 bits per heavy atom. The van der Waals surface area contributed by atoms with Gasteiger partial charge in [0.05, 0.1) is 0 Å². The molecule has 22 heteroatoms. The van der Waals surface area contributed by atoms with E-state index in [-0.39, 0.29) is 86.9 Å². The van der Waals surface area contributed by atoms with Crippen LogP contribution in [0.2, 0.25) is 16.6 Å². The van der Waals surface area contributed by atoms with Crippen LogP contribution in [0.1, 0.15) is 141 Å². The van der Waals surface area contributed by atoms with Crippen LogP contribution in [-0.4, -0.2) is 138 Å². The zero-order valence-electron chi connectivity index (χ0n) is 43.6. The molecule has 408 valence electrons. The van der Waals surface area contributed by atoms with Crippen LogP contribution in [0.5, 0.6) is 0 Å². The Balaban J connectivity index is 4.44. The van der Waals surface area contributed by atoms with Crippen molar-refractivity contribution in [3.05, 3.63) is 0 Å². The number of hydrogen-bond acceptors (Lipinski definition) is 19. The first-order valence-electron chi connectivity index (χ1n) is 25.8. The second kappa shape index (κ2) is 36.8. The summed E-state index contributed by atoms with van der Waals surface area (Å²) in [7, 11) is -10.3. The van der Waals surface area contributed by atoms with Gasteiger partial charge in [-0.3, -0.25) is 0 Å². The van der Waals surface area contributed by atoms with Crippen molar-refractivity contribution in [1.82, 2.24) is 0 Å². The van der Waals surface area contributed by atoms with Crippen LogP contribution in [-0.2, 0) is 39.8 Å². The fraction of sp³-hybridized carbons (Fsp3) is 1.00. The molecule has 1 fully saturated rings. The first-order valence-corrected chi connectivity index (χ1v) is 36.4. The van der Waals surface area contributed by atoms with E-state index >= 15 is 0 Å². The van der Waals surface area contributed by atoms with Crippen LogP contribution < -0.4 is 0 Å². The van der Waals surface area contributed by atoms with Crippen molar-refractivity contribution in [1.29, 1.82) is 0 Å². The zero-order valence-corrected chi connectivity index (χ0v) is 55.6. The molecule has 0 spiro atoms. The molecule has 0 amide bonds. The third-order valence-corrected chi connectivity index (χ3v) is 32.5. The average Bonchev–Trinajstić information content (AvgIpc) is 3.31. The normalized spacial score (nSPS) is 23.5. The van der Waals surface area contributed by atoms with E-state index in [0.717, 1.165) is 44.9 Å². The summed E-state index contributed by atoms with van der Waals surface area (Å²) in [6.45, 7) is 28.9. The molecule has 9 nitrogen and oxygen atoms in total. The SMILES string of the molecule is CCCC(S)C(S)C(S)C(S)C(S)CC(C1CCC(C(C)[Si](OCC)(OCC)OCC)C(C(CC(S)C(S)C(S)C(S)C(S)CCC)[Si](OCC)(OCC)OCC)C1)[Si](OCC)(OCC)OCC. The summed E-state index contributed by atoms with van der Waals surface area (Å²) in [5, 5.41) is -1.33. The Hall–Kier alpha value is 3.79. The molecule has 0 aromatic heterocycles. The molecule has 0 aromatic rings. The fourth-order valence-corrected chi connectivity index (χ4v) is 25.7. The van der Waals surface area contributed by atoms with Crippen LogP contribution >= 0.6 is 126 Å². The Morgan fingerprint density at radius 3 is 0.985 bits per heavy atom. The third kappa shape index (κ3) is 19.9. The molecule has 1 aliphatic rings. The molecule has 0 saturated heterocycles. The monoisotopic (exact) mass is 1200 g/mol. The predicted octanol–water partition coefficient (Wildman–Crippen LogP) is 12.7. The van der Waals surface area contributed by atoms with Crippen molar-refractivity contribution < 1.29 is 39.8 Å². The lowest BCUT2D eigenvalue weighted by Gasteiger charge is -2.52. The van der Waals surface area contributed by atoms with E-state index in [1.165, 1.54) is 0 Å². The van der Waals surface area contributed by atoms with E-state index in [9.17, 15) is 0 Å². The van der Waals surface area contributed by atoms with E-state index in [1.807, 2.05) is 62.3 Å². The van der Waals surface area contributed by atoms with Gasteiger partial charge in [-0.25, -0.2) is 0 Å². The van der Waals surface area contributed by atoms with Gasteiger partial charge in [0.2, 0.25) is 0 Å². The molecule has 16 atom stereocenters. The first-order chi connectivity index (χ1) is 32.3. The van der Waals surface area contributed by atoms with Gasteiger partial charge in [-0.15, -0.1) is 0 Å². The minimum Gasteiger partial charge on any atom is -0.374 e. The second-order valence-electron chi connectivity index (χ2n) is 17.9. The number of rotatable bonds is 40. The zero-order chi connectivity index (χ0) is 51.8. The maximum Gasteiger partial charge on any atom is 0.504 e. The van der Waals surface area contributed by atoms with Crippen molar-refractivity contribution in [2.75, 3.05) is 59.5 Å². The van der Waals surface area contributed by atoms with Gasteiger partial charge in [0.15, 0.2) is 0 Å². The Morgan fingerprint density at radius 2 is 0.662 bits per heavy atom. The van der Waals surface area contributed by atoms with E-state index in [0.29, 0.717) is 72.3 Å². The number of hydrogen-bond donors (Lipinski definition) is 10. The molecule has 0 bridgehead atoms. The highest BCUT2D eigenvalue weighted by Crippen LogP contribution is 2.58. The van der Waals surface area contributed by atoms with Gasteiger partial charge >= 0.3 is 26.4 Å². The lowest BCUT2D eigenvalue weighted by molar-refractivity contribution is 0.0117. The van der Waals surface area contributed by atoms with Crippen LogP contribution in [0.3, 0.4) is 0 Å². The smallest absolute Gasteiger partial charge is 0.374 e. The van der Waals surface area contributed by atoms with Crippen LogP contribution in [0, 0.1) is 17.8 Å². The summed E-state index contributed by atoms with van der Waals surface area (Å²) in [5.74, 6) is 0.0810. The van der Waals surface area contributed by atoms with Gasteiger partial charge in [0.25, 0.3) is 0 Å². The number of thiol groups is 10. The van der Waals surface area contributed by atoms with Gasteiger partial charge in [-0.1, -0.05) is 33.6 Å². The highest BCUT2D eigenvalue weighted by Gasteiger charge is 2.62. The highest BCUT2D eigenvalue weighted by molar-refractivity contribution is 7.90. The molecule has 0 radical (unpaired) electrons. The highest BCUT2D eigenvalue weighted by atomic mass is 32.1. The summed E-state index contributed by atoms with van der Waals surface area (Å²) in [4.78, 5) is 0. The Kier molecular flexibility index (Phi) is 37.8. The molecule has 0 aromatic carbocycles. The van der Waals surface area contributed by atoms with Crippen molar-refractivity contribution in [2.24, 2.45) is 17.8 Å². The molecule has 68 heavy (non-hydrogen) atoms. The molecule has 0 aliphatic heterocycles. The molecule has 1 saturated carbocycles. The summed E-state index contributed by atoms with van der Waals surface area (Å²) in [5.41, 5.74) is -0.453. The fourth-order valence-electron chi connectivity index (χ4n) is 10.4. The third-order valence-electron chi connectivity index (χ3n) is 13.4. The summed E-state index contributed by atoms with van der Waals surface area (Å²) in [6.07, 6.45) is 7.58. The largest absolute Gasteiger partial charge is 0.504 e. The molecule has 1 rings (SSSR count). The minimum absolute atomic E-state index is 0.0472. The van der Waals surface area contributed by atoms with Crippen LogP contribution in [0.4, 0.5) is 0 Å². The lowest BCUT2D eigenvalue weighted by atomic mass is 9.69. The van der Waals surface area contributed by atoms with E-state index in [4.69, 9.17) is 166 Å². The standard InChI is InChI=1S/C46H98O9S10Si3/c1-13-24-35(56)41(60)45(64)43(62)37(58)29-39(67(50-18-6,51-19-7)52-20-8)32-26-27-33(31(12)66(47-15-3,48-16-4)49-17-5)34(28-32)40(68(53-21-9,54-22-10)55-23-11)30-38(59)44(63)46(65)42(61)36(57)25-14-2/h31-46,56-65H,13-30H2,1-12H3. The van der Waals surface area contributed by atoms with E-state index < -0.39 is 26.4 Å². The quantitative estimate of drug-likeness (QED) is 0.0218. The average molecular weight is 1200 g/mol. The van der Waals surface area contributed by atoms with Gasteiger partial charge in [0, 0.05) is 129 Å². The van der Waals surface area contributed by atoms with Crippen molar-refractivity contribution >= 4 is 153 Å². The lowest BCUT2D eigenvalue weighted by Crippen LogP contribution is -2.59. The summed E-state index contributed by atoms with van der Waals surface area (Å²) >= 11 is 51.7. The van der Waals surface area contributed by atoms with Gasteiger partial charge < -0.3 is 39.8 Å². The molecular formula is C46H98O9S10Si3. The van der Waals surface area contributed by atoms with E-state index in [2.05, 4.69) is 20.8 Å². The summed E-state index contributed by atoms with van der Waals surface area (Å²) in [6, 6.07) is 0. The maximum atomic E-state index is 7.00. The Bertz CT molecular complexity index is 1250. The summed E-state index contributed by atoms with van der Waals surface area (Å²) < 4.78 is 61.9.